The van der Waals surface area contributed by atoms with Crippen LogP contribution in [0.1, 0.15) is 11.1 Å². The molecule has 0 amide bonds. The predicted molar refractivity (Wildman–Crippen MR) is 84.4 cm³/mol. The molecule has 0 radical (unpaired) electrons. The van der Waals surface area contributed by atoms with E-state index in [1.54, 1.807) is 6.07 Å². The zero-order valence-electron chi connectivity index (χ0n) is 10.6. The third kappa shape index (κ3) is 2.15. The summed E-state index contributed by atoms with van der Waals surface area (Å²) in [5.74, 6) is -0.255. The van der Waals surface area contributed by atoms with Crippen LogP contribution in [-0.2, 0) is 6.42 Å². The van der Waals surface area contributed by atoms with Crippen LogP contribution < -0.4 is 10.6 Å². The Balaban J connectivity index is 2.16. The number of hydrogen-bond donors (Lipinski definition) is 1. The molecule has 0 atom stereocenters. The Kier molecular flexibility index (Phi) is 3.36. The Morgan fingerprint density at radius 2 is 2.05 bits per heavy atom. The third-order valence-corrected chi connectivity index (χ3v) is 3.99. The van der Waals surface area contributed by atoms with Crippen LogP contribution in [0.4, 0.5) is 15.8 Å². The fourth-order valence-corrected chi connectivity index (χ4v) is 3.13. The average molecular weight is 307 g/mol. The Labute approximate surface area is 127 Å². The summed E-state index contributed by atoms with van der Waals surface area (Å²) < 4.78 is 13.5. The van der Waals surface area contributed by atoms with Gasteiger partial charge in [0, 0.05) is 12.2 Å². The first kappa shape index (κ1) is 13.3. The van der Waals surface area contributed by atoms with Gasteiger partial charge in [0.15, 0.2) is 0 Å². The first-order chi connectivity index (χ1) is 9.58. The Bertz CT molecular complexity index is 702. The van der Waals surface area contributed by atoms with Crippen LogP contribution in [0.25, 0.3) is 0 Å². The highest BCUT2D eigenvalue weighted by atomic mass is 35.5. The maximum atomic E-state index is 13.5. The van der Waals surface area contributed by atoms with Gasteiger partial charge in [-0.2, -0.15) is 0 Å². The number of nitrogens with zero attached hydrogens (tertiary/aromatic N) is 1. The van der Waals surface area contributed by atoms with Gasteiger partial charge in [0.25, 0.3) is 0 Å². The first-order valence-electron chi connectivity index (χ1n) is 6.22. The van der Waals surface area contributed by atoms with E-state index in [4.69, 9.17) is 29.6 Å². The van der Waals surface area contributed by atoms with Crippen LogP contribution in [0, 0.1) is 5.82 Å². The third-order valence-electron chi connectivity index (χ3n) is 3.47. The van der Waals surface area contributed by atoms with Crippen molar-refractivity contribution in [1.29, 1.82) is 0 Å². The second-order valence-corrected chi connectivity index (χ2v) is 5.52. The van der Waals surface area contributed by atoms with Crippen molar-refractivity contribution >= 4 is 40.2 Å². The van der Waals surface area contributed by atoms with Gasteiger partial charge in [0.05, 0.1) is 16.3 Å². The van der Waals surface area contributed by atoms with Crippen LogP contribution in [0.5, 0.6) is 0 Å². The molecule has 0 aliphatic carbocycles. The number of benzene rings is 2. The van der Waals surface area contributed by atoms with E-state index in [0.29, 0.717) is 10.6 Å². The van der Waals surface area contributed by atoms with E-state index in [0.717, 1.165) is 29.9 Å². The van der Waals surface area contributed by atoms with E-state index in [9.17, 15) is 4.39 Å². The topological polar surface area (TPSA) is 29.3 Å². The van der Waals surface area contributed by atoms with Crippen molar-refractivity contribution in [3.05, 3.63) is 58.4 Å². The fourth-order valence-electron chi connectivity index (χ4n) is 2.58. The molecule has 0 bridgehead atoms. The van der Waals surface area contributed by atoms with Crippen molar-refractivity contribution in [3.8, 4) is 0 Å². The first-order valence-corrected chi connectivity index (χ1v) is 7.01. The largest absolute Gasteiger partial charge is 0.389 e. The van der Waals surface area contributed by atoms with E-state index < -0.39 is 0 Å². The molecule has 3 rings (SSSR count). The molecule has 0 unspecified atom stereocenters. The van der Waals surface area contributed by atoms with Crippen molar-refractivity contribution in [2.45, 2.75) is 6.42 Å². The van der Waals surface area contributed by atoms with Gasteiger partial charge in [-0.3, -0.25) is 0 Å². The number of nitrogens with two attached hydrogens (primary N) is 1. The number of anilines is 2. The van der Waals surface area contributed by atoms with Gasteiger partial charge in [0.1, 0.15) is 10.8 Å². The summed E-state index contributed by atoms with van der Waals surface area (Å²) in [5.41, 5.74) is 9.21. The minimum atomic E-state index is -0.255. The van der Waals surface area contributed by atoms with Crippen molar-refractivity contribution in [2.24, 2.45) is 5.73 Å². The number of thiocarbonyl (C=S) groups is 1. The van der Waals surface area contributed by atoms with E-state index in [1.807, 2.05) is 23.1 Å². The van der Waals surface area contributed by atoms with Crippen molar-refractivity contribution in [2.75, 3.05) is 11.4 Å². The lowest BCUT2D eigenvalue weighted by Crippen LogP contribution is -2.20. The molecule has 1 heterocycles. The minimum absolute atomic E-state index is 0.246. The zero-order valence-corrected chi connectivity index (χ0v) is 12.1. The normalized spacial score (nSPS) is 13.4. The molecule has 1 aliphatic heterocycles. The quantitative estimate of drug-likeness (QED) is 0.856. The molecule has 1 aliphatic rings. The smallest absolute Gasteiger partial charge is 0.125 e. The number of rotatable bonds is 2. The van der Waals surface area contributed by atoms with Gasteiger partial charge in [-0.15, -0.1) is 0 Å². The van der Waals surface area contributed by atoms with Gasteiger partial charge in [-0.1, -0.05) is 36.0 Å². The summed E-state index contributed by atoms with van der Waals surface area (Å²) >= 11 is 11.3. The number of fused-ring (bicyclic) bond motifs is 1. The summed E-state index contributed by atoms with van der Waals surface area (Å²) in [6.07, 6.45) is 0.860. The molecular weight excluding hydrogens is 295 g/mol. The van der Waals surface area contributed by atoms with E-state index in [-0.39, 0.29) is 10.8 Å². The highest BCUT2D eigenvalue weighted by Crippen LogP contribution is 2.38. The standard InChI is InChI=1S/C15H12ClFN2S/c16-11-2-1-3-12(14(11)15(18)20)19-7-6-9-4-5-10(17)8-13(9)19/h1-5,8H,6-7H2,(H2,18,20). The van der Waals surface area contributed by atoms with Crippen LogP contribution in [0.2, 0.25) is 5.02 Å². The van der Waals surface area contributed by atoms with Crippen LogP contribution >= 0.6 is 23.8 Å². The second kappa shape index (κ2) is 5.04. The summed E-state index contributed by atoms with van der Waals surface area (Å²) in [5, 5.41) is 0.514. The molecule has 2 nitrogen and oxygen atoms in total. The van der Waals surface area contributed by atoms with Crippen LogP contribution in [0.3, 0.4) is 0 Å². The van der Waals surface area contributed by atoms with Crippen LogP contribution in [-0.4, -0.2) is 11.5 Å². The Morgan fingerprint density at radius 1 is 1.25 bits per heavy atom. The summed E-state index contributed by atoms with van der Waals surface area (Å²) in [7, 11) is 0. The van der Waals surface area contributed by atoms with Gasteiger partial charge in [0.2, 0.25) is 0 Å². The lowest BCUT2D eigenvalue weighted by molar-refractivity contribution is 0.628. The van der Waals surface area contributed by atoms with E-state index in [1.165, 1.54) is 12.1 Å². The minimum Gasteiger partial charge on any atom is -0.389 e. The maximum absolute atomic E-state index is 13.5. The van der Waals surface area contributed by atoms with E-state index >= 15 is 0 Å². The average Bonchev–Trinajstić information content (AvgIpc) is 2.80. The highest BCUT2D eigenvalue weighted by molar-refractivity contribution is 7.80. The molecule has 0 saturated heterocycles. The van der Waals surface area contributed by atoms with Crippen molar-refractivity contribution in [3.63, 3.8) is 0 Å². The Hall–Kier alpha value is -1.65. The van der Waals surface area contributed by atoms with Gasteiger partial charge < -0.3 is 10.6 Å². The SMILES string of the molecule is NC(=S)c1c(Cl)cccc1N1CCc2ccc(F)cc21. The molecule has 2 N–H and O–H groups in total. The Morgan fingerprint density at radius 3 is 2.80 bits per heavy atom. The van der Waals surface area contributed by atoms with Gasteiger partial charge in [-0.25, -0.2) is 4.39 Å². The summed E-state index contributed by atoms with van der Waals surface area (Å²) in [6.45, 7) is 0.759. The number of hydrogen-bond acceptors (Lipinski definition) is 2. The molecule has 0 fully saturated rings. The lowest BCUT2D eigenvalue weighted by Gasteiger charge is -2.23. The summed E-state index contributed by atoms with van der Waals surface area (Å²) in [6, 6.07) is 10.3. The highest BCUT2D eigenvalue weighted by Gasteiger charge is 2.24. The predicted octanol–water partition coefficient (Wildman–Crippen LogP) is 3.81. The van der Waals surface area contributed by atoms with Crippen molar-refractivity contribution < 1.29 is 4.39 Å². The molecule has 2 aromatic rings. The van der Waals surface area contributed by atoms with Crippen molar-refractivity contribution in [1.82, 2.24) is 0 Å². The van der Waals surface area contributed by atoms with Gasteiger partial charge in [-0.05, 0) is 36.2 Å². The molecule has 2 aromatic carbocycles. The van der Waals surface area contributed by atoms with E-state index in [2.05, 4.69) is 0 Å². The molecule has 0 aromatic heterocycles. The second-order valence-electron chi connectivity index (χ2n) is 4.67. The molecular formula is C15H12ClFN2S. The molecule has 5 heteroatoms. The lowest BCUT2D eigenvalue weighted by atomic mass is 10.1. The number of halogens is 2. The zero-order chi connectivity index (χ0) is 14.3. The van der Waals surface area contributed by atoms with Gasteiger partial charge >= 0.3 is 0 Å². The fraction of sp³-hybridized carbons (Fsp3) is 0.133. The molecule has 102 valence electrons. The molecule has 0 spiro atoms. The van der Waals surface area contributed by atoms with Crippen LogP contribution in [0.15, 0.2) is 36.4 Å². The maximum Gasteiger partial charge on any atom is 0.125 e. The molecule has 0 saturated carbocycles. The monoisotopic (exact) mass is 306 g/mol. The molecule has 20 heavy (non-hydrogen) atoms. The summed E-state index contributed by atoms with van der Waals surface area (Å²) in [4.78, 5) is 2.26.